The summed E-state index contributed by atoms with van der Waals surface area (Å²) in [6.45, 7) is 2.39. The first kappa shape index (κ1) is 20.4. The van der Waals surface area contributed by atoms with Gasteiger partial charge in [-0.25, -0.2) is 18.4 Å². The van der Waals surface area contributed by atoms with Crippen LogP contribution in [0.25, 0.3) is 11.2 Å². The number of fused-ring (bicyclic) bond motifs is 1. The Labute approximate surface area is 182 Å². The van der Waals surface area contributed by atoms with Crippen molar-refractivity contribution in [2.75, 3.05) is 13.1 Å². The van der Waals surface area contributed by atoms with Crippen molar-refractivity contribution in [3.05, 3.63) is 87.5 Å². The third kappa shape index (κ3) is 4.16. The maximum atomic E-state index is 14.0. The van der Waals surface area contributed by atoms with Crippen molar-refractivity contribution in [3.63, 3.8) is 0 Å². The van der Waals surface area contributed by atoms with Crippen molar-refractivity contribution in [2.24, 2.45) is 0 Å². The van der Waals surface area contributed by atoms with E-state index in [-0.39, 0.29) is 35.2 Å². The highest BCUT2D eigenvalue weighted by Crippen LogP contribution is 2.27. The average Bonchev–Trinajstić information content (AvgIpc) is 3.19. The molecule has 0 unspecified atom stereocenters. The molecule has 0 amide bonds. The Morgan fingerprint density at radius 2 is 1.84 bits per heavy atom. The molecule has 0 atom stereocenters. The van der Waals surface area contributed by atoms with Gasteiger partial charge in [-0.1, -0.05) is 35.5 Å². The van der Waals surface area contributed by atoms with E-state index in [9.17, 15) is 13.6 Å². The van der Waals surface area contributed by atoms with Gasteiger partial charge in [-0.05, 0) is 49.7 Å². The van der Waals surface area contributed by atoms with Crippen LogP contribution in [0.5, 0.6) is 0 Å². The predicted octanol–water partition coefficient (Wildman–Crippen LogP) is 3.22. The number of benzene rings is 2. The maximum absolute atomic E-state index is 14.0. The zero-order valence-corrected chi connectivity index (χ0v) is 17.3. The standard InChI is InChI=1S/C23H22F2N6O/c24-18-6-3-4-15(12-18)13-31-22-20(28-29-31)23(32)27-21(26-22)16-8-10-30(11-9-16)14-17-5-1-2-7-19(17)25/h1-7,12,16H,8-11,13-14H2,(H,26,27,32). The van der Waals surface area contributed by atoms with Gasteiger partial charge in [0, 0.05) is 18.0 Å². The molecule has 3 heterocycles. The lowest BCUT2D eigenvalue weighted by atomic mass is 9.95. The normalized spacial score (nSPS) is 15.4. The first-order chi connectivity index (χ1) is 15.6. The number of rotatable bonds is 5. The van der Waals surface area contributed by atoms with Crippen molar-refractivity contribution < 1.29 is 8.78 Å². The summed E-state index contributed by atoms with van der Waals surface area (Å²) in [6, 6.07) is 13.0. The highest BCUT2D eigenvalue weighted by molar-refractivity contribution is 5.68. The zero-order chi connectivity index (χ0) is 22.1. The highest BCUT2D eigenvalue weighted by atomic mass is 19.1. The van der Waals surface area contributed by atoms with Gasteiger partial charge in [0.2, 0.25) is 0 Å². The molecule has 1 N–H and O–H groups in total. The lowest BCUT2D eigenvalue weighted by Gasteiger charge is -2.31. The van der Waals surface area contributed by atoms with E-state index < -0.39 is 0 Å². The molecule has 7 nitrogen and oxygen atoms in total. The number of aromatic amines is 1. The molecule has 2 aromatic carbocycles. The third-order valence-corrected chi connectivity index (χ3v) is 5.94. The van der Waals surface area contributed by atoms with Gasteiger partial charge >= 0.3 is 0 Å². The minimum absolute atomic E-state index is 0.0847. The number of aromatic nitrogens is 5. The molecule has 32 heavy (non-hydrogen) atoms. The van der Waals surface area contributed by atoms with Crippen molar-refractivity contribution in [2.45, 2.75) is 31.8 Å². The molecular weight excluding hydrogens is 414 g/mol. The van der Waals surface area contributed by atoms with Crippen LogP contribution in [0.2, 0.25) is 0 Å². The van der Waals surface area contributed by atoms with Crippen molar-refractivity contribution in [1.29, 1.82) is 0 Å². The zero-order valence-electron chi connectivity index (χ0n) is 17.3. The van der Waals surface area contributed by atoms with Crippen molar-refractivity contribution >= 4 is 11.2 Å². The Balaban J connectivity index is 1.33. The summed E-state index contributed by atoms with van der Waals surface area (Å²) >= 11 is 0. The minimum atomic E-state index is -0.333. The van der Waals surface area contributed by atoms with E-state index in [1.54, 1.807) is 24.3 Å². The number of nitrogens with one attached hydrogen (secondary N) is 1. The van der Waals surface area contributed by atoms with Gasteiger partial charge < -0.3 is 4.98 Å². The summed E-state index contributed by atoms with van der Waals surface area (Å²) in [5.74, 6) is 0.169. The average molecular weight is 436 g/mol. The van der Waals surface area contributed by atoms with Gasteiger partial charge in [-0.3, -0.25) is 9.69 Å². The van der Waals surface area contributed by atoms with Gasteiger partial charge in [-0.15, -0.1) is 5.10 Å². The van der Waals surface area contributed by atoms with E-state index in [4.69, 9.17) is 0 Å². The van der Waals surface area contributed by atoms with Crippen LogP contribution in [0.1, 0.15) is 35.7 Å². The van der Waals surface area contributed by atoms with Crippen LogP contribution < -0.4 is 5.56 Å². The molecule has 0 saturated carbocycles. The van der Waals surface area contributed by atoms with Crippen molar-refractivity contribution in [1.82, 2.24) is 29.9 Å². The summed E-state index contributed by atoms with van der Waals surface area (Å²) < 4.78 is 29.0. The van der Waals surface area contributed by atoms with Crippen molar-refractivity contribution in [3.8, 4) is 0 Å². The summed E-state index contributed by atoms with van der Waals surface area (Å²) in [6.07, 6.45) is 1.60. The lowest BCUT2D eigenvalue weighted by Crippen LogP contribution is -2.33. The largest absolute Gasteiger partial charge is 0.308 e. The maximum Gasteiger partial charge on any atom is 0.281 e. The first-order valence-electron chi connectivity index (χ1n) is 10.6. The molecule has 0 aliphatic carbocycles. The Morgan fingerprint density at radius 1 is 1.03 bits per heavy atom. The molecule has 164 valence electrons. The molecule has 1 fully saturated rings. The van der Waals surface area contributed by atoms with E-state index in [1.807, 2.05) is 6.07 Å². The second-order valence-corrected chi connectivity index (χ2v) is 8.14. The monoisotopic (exact) mass is 436 g/mol. The van der Waals surface area contributed by atoms with Crippen LogP contribution >= 0.6 is 0 Å². The number of hydrogen-bond donors (Lipinski definition) is 1. The molecular formula is C23H22F2N6O. The van der Waals surface area contributed by atoms with E-state index in [0.717, 1.165) is 25.9 Å². The molecule has 5 rings (SSSR count). The molecule has 0 radical (unpaired) electrons. The number of piperidine rings is 1. The highest BCUT2D eigenvalue weighted by Gasteiger charge is 2.24. The van der Waals surface area contributed by atoms with Gasteiger partial charge in [0.15, 0.2) is 11.2 Å². The number of hydrogen-bond acceptors (Lipinski definition) is 5. The molecule has 1 saturated heterocycles. The number of H-pyrrole nitrogens is 1. The molecule has 1 aliphatic heterocycles. The fourth-order valence-electron chi connectivity index (χ4n) is 4.22. The van der Waals surface area contributed by atoms with Crippen LogP contribution in [0.4, 0.5) is 8.78 Å². The fourth-order valence-corrected chi connectivity index (χ4v) is 4.22. The van der Waals surface area contributed by atoms with Gasteiger partial charge in [0.25, 0.3) is 5.56 Å². The summed E-state index contributed by atoms with van der Waals surface area (Å²) in [7, 11) is 0. The lowest BCUT2D eigenvalue weighted by molar-refractivity contribution is 0.199. The molecule has 4 aromatic rings. The summed E-state index contributed by atoms with van der Waals surface area (Å²) in [5.41, 5.74) is 1.63. The third-order valence-electron chi connectivity index (χ3n) is 5.94. The Bertz CT molecular complexity index is 1310. The smallest absolute Gasteiger partial charge is 0.281 e. The Morgan fingerprint density at radius 3 is 2.62 bits per heavy atom. The first-order valence-corrected chi connectivity index (χ1v) is 10.6. The number of halogens is 2. The summed E-state index contributed by atoms with van der Waals surface area (Å²) in [5, 5.41) is 8.01. The van der Waals surface area contributed by atoms with Crippen LogP contribution in [0.3, 0.4) is 0 Å². The quantitative estimate of drug-likeness (QED) is 0.520. The van der Waals surface area contributed by atoms with Gasteiger partial charge in [-0.2, -0.15) is 0 Å². The van der Waals surface area contributed by atoms with E-state index >= 15 is 0 Å². The molecule has 2 aromatic heterocycles. The fraction of sp³-hybridized carbons (Fsp3) is 0.304. The van der Waals surface area contributed by atoms with Gasteiger partial charge in [0.05, 0.1) is 6.54 Å². The van der Waals surface area contributed by atoms with Crippen LogP contribution in [-0.4, -0.2) is 43.0 Å². The van der Waals surface area contributed by atoms with Crippen LogP contribution in [-0.2, 0) is 13.1 Å². The number of nitrogens with zero attached hydrogens (tertiary/aromatic N) is 5. The molecule has 9 heteroatoms. The van der Waals surface area contributed by atoms with Crippen LogP contribution in [0, 0.1) is 11.6 Å². The minimum Gasteiger partial charge on any atom is -0.308 e. The molecule has 1 aliphatic rings. The van der Waals surface area contributed by atoms with E-state index in [1.165, 1.54) is 22.9 Å². The number of likely N-dealkylation sites (tertiary alicyclic amines) is 1. The topological polar surface area (TPSA) is 79.7 Å². The molecule has 0 bridgehead atoms. The van der Waals surface area contributed by atoms with Gasteiger partial charge in [0.1, 0.15) is 17.5 Å². The van der Waals surface area contributed by atoms with E-state index in [0.29, 0.717) is 29.1 Å². The predicted molar refractivity (Wildman–Crippen MR) is 115 cm³/mol. The second kappa shape index (κ2) is 8.58. The molecule has 0 spiro atoms. The Hall–Kier alpha value is -3.46. The van der Waals surface area contributed by atoms with E-state index in [2.05, 4.69) is 25.2 Å². The second-order valence-electron chi connectivity index (χ2n) is 8.14. The summed E-state index contributed by atoms with van der Waals surface area (Å²) in [4.78, 5) is 22.3. The SMILES string of the molecule is O=c1[nH]c(C2CCN(Cc3ccccc3F)CC2)nc2c1nnn2Cc1cccc(F)c1. The van der Waals surface area contributed by atoms with Crippen LogP contribution in [0.15, 0.2) is 53.3 Å². The Kier molecular flexibility index (Phi) is 5.48.